The second-order valence-electron chi connectivity index (χ2n) is 2.95. The number of halogens is 1. The molecular weight excluding hydrogens is 234 g/mol. The Kier molecular flexibility index (Phi) is 8.45. The van der Waals surface area contributed by atoms with Gasteiger partial charge in [0.2, 0.25) is 5.91 Å². The lowest BCUT2D eigenvalue weighted by atomic mass is 10.2. The Labute approximate surface area is 88.0 Å². The zero-order valence-corrected chi connectivity index (χ0v) is 9.64. The standard InChI is InChI=1S/C9H18BrNO2/c1-2-8(10)9(13)11-6-4-3-5-7-12/h8,12H,2-7H2,1H3,(H,11,13). The third-order valence-electron chi connectivity index (χ3n) is 1.78. The van der Waals surface area contributed by atoms with Gasteiger partial charge in [0.15, 0.2) is 0 Å². The van der Waals surface area contributed by atoms with Gasteiger partial charge in [-0.05, 0) is 25.7 Å². The highest BCUT2D eigenvalue weighted by Crippen LogP contribution is 2.03. The number of hydrogen-bond acceptors (Lipinski definition) is 2. The molecule has 0 aromatic heterocycles. The minimum absolute atomic E-state index is 0.0616. The maximum atomic E-state index is 11.2. The van der Waals surface area contributed by atoms with Crippen LogP contribution in [0.4, 0.5) is 0 Å². The Hall–Kier alpha value is -0.0900. The molecule has 0 bridgehead atoms. The van der Waals surface area contributed by atoms with E-state index in [1.165, 1.54) is 0 Å². The molecule has 0 fully saturated rings. The van der Waals surface area contributed by atoms with E-state index in [2.05, 4.69) is 21.2 Å². The van der Waals surface area contributed by atoms with Crippen LogP contribution in [-0.2, 0) is 4.79 Å². The molecule has 1 unspecified atom stereocenters. The molecule has 0 aliphatic heterocycles. The number of carbonyl (C=O) groups excluding carboxylic acids is 1. The number of rotatable bonds is 7. The average molecular weight is 252 g/mol. The minimum atomic E-state index is -0.0645. The van der Waals surface area contributed by atoms with Crippen molar-refractivity contribution in [2.75, 3.05) is 13.2 Å². The van der Waals surface area contributed by atoms with Crippen molar-refractivity contribution in [1.82, 2.24) is 5.32 Å². The van der Waals surface area contributed by atoms with Gasteiger partial charge in [0.05, 0.1) is 4.83 Å². The predicted octanol–water partition coefficient (Wildman–Crippen LogP) is 1.44. The number of hydrogen-bond donors (Lipinski definition) is 2. The van der Waals surface area contributed by atoms with Gasteiger partial charge in [-0.3, -0.25) is 4.79 Å². The van der Waals surface area contributed by atoms with Crippen LogP contribution in [0.1, 0.15) is 32.6 Å². The van der Waals surface area contributed by atoms with Crippen LogP contribution in [0.3, 0.4) is 0 Å². The lowest BCUT2D eigenvalue weighted by Crippen LogP contribution is -2.31. The molecule has 0 saturated heterocycles. The topological polar surface area (TPSA) is 49.3 Å². The Morgan fingerprint density at radius 3 is 2.69 bits per heavy atom. The highest BCUT2D eigenvalue weighted by atomic mass is 79.9. The molecule has 0 radical (unpaired) electrons. The first-order valence-corrected chi connectivity index (χ1v) is 5.66. The van der Waals surface area contributed by atoms with Gasteiger partial charge >= 0.3 is 0 Å². The molecule has 0 aliphatic rings. The van der Waals surface area contributed by atoms with Gasteiger partial charge in [-0.2, -0.15) is 0 Å². The first kappa shape index (κ1) is 12.9. The van der Waals surface area contributed by atoms with Crippen molar-refractivity contribution in [3.05, 3.63) is 0 Å². The summed E-state index contributed by atoms with van der Waals surface area (Å²) in [4.78, 5) is 11.1. The molecule has 0 aromatic carbocycles. The highest BCUT2D eigenvalue weighted by Gasteiger charge is 2.10. The van der Waals surface area contributed by atoms with Crippen molar-refractivity contribution in [2.24, 2.45) is 0 Å². The van der Waals surface area contributed by atoms with Crippen LogP contribution in [0.25, 0.3) is 0 Å². The normalized spacial score (nSPS) is 12.5. The molecule has 0 aliphatic carbocycles. The second kappa shape index (κ2) is 8.51. The maximum Gasteiger partial charge on any atom is 0.233 e. The smallest absolute Gasteiger partial charge is 0.233 e. The Balaban J connectivity index is 3.27. The zero-order chi connectivity index (χ0) is 10.1. The number of unbranched alkanes of at least 4 members (excludes halogenated alkanes) is 2. The fourth-order valence-electron chi connectivity index (χ4n) is 0.921. The van der Waals surface area contributed by atoms with Crippen molar-refractivity contribution in [2.45, 2.75) is 37.4 Å². The Morgan fingerprint density at radius 1 is 1.46 bits per heavy atom. The minimum Gasteiger partial charge on any atom is -0.396 e. The quantitative estimate of drug-likeness (QED) is 0.532. The Morgan fingerprint density at radius 2 is 2.15 bits per heavy atom. The van der Waals surface area contributed by atoms with Gasteiger partial charge in [-0.15, -0.1) is 0 Å². The van der Waals surface area contributed by atoms with E-state index in [9.17, 15) is 4.79 Å². The van der Waals surface area contributed by atoms with E-state index in [1.54, 1.807) is 0 Å². The summed E-state index contributed by atoms with van der Waals surface area (Å²) >= 11 is 3.27. The summed E-state index contributed by atoms with van der Waals surface area (Å²) in [5, 5.41) is 11.3. The van der Waals surface area contributed by atoms with E-state index < -0.39 is 0 Å². The van der Waals surface area contributed by atoms with E-state index in [-0.39, 0.29) is 17.3 Å². The van der Waals surface area contributed by atoms with Crippen molar-refractivity contribution < 1.29 is 9.90 Å². The number of nitrogens with one attached hydrogen (secondary N) is 1. The van der Waals surface area contributed by atoms with Crippen LogP contribution in [0.15, 0.2) is 0 Å². The van der Waals surface area contributed by atoms with E-state index in [0.29, 0.717) is 6.54 Å². The average Bonchev–Trinajstić information content (AvgIpc) is 2.16. The summed E-state index contributed by atoms with van der Waals surface area (Å²) in [5.74, 6) is 0.0616. The van der Waals surface area contributed by atoms with E-state index in [1.807, 2.05) is 6.92 Å². The first-order chi connectivity index (χ1) is 6.22. The third kappa shape index (κ3) is 7.02. The van der Waals surface area contributed by atoms with Crippen LogP contribution < -0.4 is 5.32 Å². The van der Waals surface area contributed by atoms with Crippen LogP contribution in [0.5, 0.6) is 0 Å². The summed E-state index contributed by atoms with van der Waals surface area (Å²) in [6, 6.07) is 0. The molecule has 0 rings (SSSR count). The highest BCUT2D eigenvalue weighted by molar-refractivity contribution is 9.10. The zero-order valence-electron chi connectivity index (χ0n) is 8.05. The molecule has 1 atom stereocenters. The molecule has 13 heavy (non-hydrogen) atoms. The Bertz CT molecular complexity index is 142. The number of aliphatic hydroxyl groups excluding tert-OH is 1. The molecule has 3 nitrogen and oxygen atoms in total. The van der Waals surface area contributed by atoms with E-state index in [4.69, 9.17) is 5.11 Å². The fraction of sp³-hybridized carbons (Fsp3) is 0.889. The van der Waals surface area contributed by atoms with Crippen molar-refractivity contribution in [3.63, 3.8) is 0 Å². The molecule has 0 spiro atoms. The molecule has 2 N–H and O–H groups in total. The summed E-state index contributed by atoms with van der Waals surface area (Å²) in [5.41, 5.74) is 0. The summed E-state index contributed by atoms with van der Waals surface area (Å²) in [6.45, 7) is 2.91. The lowest BCUT2D eigenvalue weighted by molar-refractivity contribution is -0.120. The lowest BCUT2D eigenvalue weighted by Gasteiger charge is -2.07. The maximum absolute atomic E-state index is 11.2. The molecule has 1 amide bonds. The van der Waals surface area contributed by atoms with Crippen molar-refractivity contribution in [3.8, 4) is 0 Å². The van der Waals surface area contributed by atoms with Gasteiger partial charge in [-0.25, -0.2) is 0 Å². The van der Waals surface area contributed by atoms with Gasteiger partial charge in [0.25, 0.3) is 0 Å². The van der Waals surface area contributed by atoms with Crippen molar-refractivity contribution in [1.29, 1.82) is 0 Å². The van der Waals surface area contributed by atoms with Gasteiger partial charge in [0, 0.05) is 13.2 Å². The molecule has 0 saturated carbocycles. The van der Waals surface area contributed by atoms with Crippen molar-refractivity contribution >= 4 is 21.8 Å². The summed E-state index contributed by atoms with van der Waals surface area (Å²) in [7, 11) is 0. The molecule has 0 aromatic rings. The van der Waals surface area contributed by atoms with Gasteiger partial charge in [-0.1, -0.05) is 22.9 Å². The number of aliphatic hydroxyl groups is 1. The van der Waals surface area contributed by atoms with Crippen LogP contribution in [-0.4, -0.2) is 29.0 Å². The van der Waals surface area contributed by atoms with Gasteiger partial charge in [0.1, 0.15) is 0 Å². The fourth-order valence-corrected chi connectivity index (χ4v) is 1.08. The predicted molar refractivity (Wildman–Crippen MR) is 57.0 cm³/mol. The molecule has 0 heterocycles. The molecular formula is C9H18BrNO2. The SMILES string of the molecule is CCC(Br)C(=O)NCCCCCO. The van der Waals surface area contributed by atoms with Crippen LogP contribution >= 0.6 is 15.9 Å². The van der Waals surface area contributed by atoms with Crippen LogP contribution in [0.2, 0.25) is 0 Å². The molecule has 4 heteroatoms. The number of amides is 1. The number of carbonyl (C=O) groups is 1. The summed E-state index contributed by atoms with van der Waals surface area (Å²) in [6.07, 6.45) is 3.54. The monoisotopic (exact) mass is 251 g/mol. The third-order valence-corrected chi connectivity index (χ3v) is 2.84. The largest absolute Gasteiger partial charge is 0.396 e. The van der Waals surface area contributed by atoms with Gasteiger partial charge < -0.3 is 10.4 Å². The van der Waals surface area contributed by atoms with Crippen LogP contribution in [0, 0.1) is 0 Å². The van der Waals surface area contributed by atoms with E-state index in [0.717, 1.165) is 25.7 Å². The van der Waals surface area contributed by atoms with E-state index >= 15 is 0 Å². The first-order valence-electron chi connectivity index (χ1n) is 4.75. The second-order valence-corrected chi connectivity index (χ2v) is 4.06. The molecule has 78 valence electrons. The number of alkyl halides is 1. The summed E-state index contributed by atoms with van der Waals surface area (Å²) < 4.78 is 0.